The third-order valence-electron chi connectivity index (χ3n) is 2.36. The second-order valence-corrected chi connectivity index (χ2v) is 6.07. The van der Waals surface area contributed by atoms with Crippen molar-refractivity contribution in [3.63, 3.8) is 0 Å². The number of rotatable bonds is 5. The quantitative estimate of drug-likeness (QED) is 0.373. The lowest BCUT2D eigenvalue weighted by molar-refractivity contribution is 0.227. The molecule has 0 heterocycles. The first-order chi connectivity index (χ1) is 9.34. The van der Waals surface area contributed by atoms with Gasteiger partial charge in [-0.15, -0.1) is 0 Å². The molecule has 1 atom stereocenters. The number of methoxy groups -OCH3 is 1. The van der Waals surface area contributed by atoms with Crippen LogP contribution in [-0.4, -0.2) is 28.5 Å². The van der Waals surface area contributed by atoms with Gasteiger partial charge < -0.3 is 14.6 Å². The number of aliphatic hydroxyl groups is 1. The highest BCUT2D eigenvalue weighted by molar-refractivity contribution is 6.76. The van der Waals surface area contributed by atoms with Crippen LogP contribution in [0.2, 0.25) is 0 Å². The maximum absolute atomic E-state index is 9.89. The number of ether oxygens (including phenoxy) is 2. The summed E-state index contributed by atoms with van der Waals surface area (Å²) >= 11 is 16.3. The number of benzene rings is 1. The number of alkyl halides is 3. The summed E-state index contributed by atoms with van der Waals surface area (Å²) in [4.78, 5) is 0. The highest BCUT2D eigenvalue weighted by Gasteiger charge is 2.28. The maximum atomic E-state index is 9.89. The van der Waals surface area contributed by atoms with Crippen LogP contribution in [0.1, 0.15) is 11.7 Å². The van der Waals surface area contributed by atoms with E-state index in [4.69, 9.17) is 49.7 Å². The Morgan fingerprint density at radius 3 is 2.45 bits per heavy atom. The second kappa shape index (κ2) is 7.74. The number of nitrogens with one attached hydrogen (secondary N) is 1. The van der Waals surface area contributed by atoms with Gasteiger partial charge in [-0.1, -0.05) is 53.0 Å². The average molecular weight is 339 g/mol. The predicted octanol–water partition coefficient (Wildman–Crippen LogP) is 3.65. The Labute approximate surface area is 132 Å². The lowest BCUT2D eigenvalue weighted by Crippen LogP contribution is -2.21. The summed E-state index contributed by atoms with van der Waals surface area (Å²) < 4.78 is 8.05. The van der Waals surface area contributed by atoms with Gasteiger partial charge in [-0.05, 0) is 23.8 Å². The first-order valence-corrected chi connectivity index (χ1v) is 6.75. The Kier molecular flexibility index (Phi) is 6.62. The molecule has 110 valence electrons. The molecular formula is C13H14Cl3NO3. The van der Waals surface area contributed by atoms with Crippen molar-refractivity contribution in [2.24, 2.45) is 0 Å². The van der Waals surface area contributed by atoms with Gasteiger partial charge in [0.25, 0.3) is 3.79 Å². The lowest BCUT2D eigenvalue weighted by atomic mass is 10.1. The molecule has 1 rings (SSSR count). The van der Waals surface area contributed by atoms with Gasteiger partial charge in [-0.25, -0.2) is 0 Å². The number of hydrogen-bond donors (Lipinski definition) is 2. The summed E-state index contributed by atoms with van der Waals surface area (Å²) in [7, 11) is 1.57. The summed E-state index contributed by atoms with van der Waals surface area (Å²) in [5.74, 6) is 0.246. The van der Waals surface area contributed by atoms with E-state index in [9.17, 15) is 5.11 Å². The van der Waals surface area contributed by atoms with E-state index in [0.29, 0.717) is 11.3 Å². The summed E-state index contributed by atoms with van der Waals surface area (Å²) in [5, 5.41) is 17.2. The molecule has 0 radical (unpaired) electrons. The largest absolute Gasteiger partial charge is 0.497 e. The molecule has 20 heavy (non-hydrogen) atoms. The van der Waals surface area contributed by atoms with Crippen molar-refractivity contribution in [1.29, 1.82) is 5.41 Å². The molecule has 0 aromatic heterocycles. The van der Waals surface area contributed by atoms with E-state index in [-0.39, 0.29) is 6.61 Å². The van der Waals surface area contributed by atoms with Crippen LogP contribution in [-0.2, 0) is 4.74 Å². The van der Waals surface area contributed by atoms with E-state index in [0.717, 1.165) is 0 Å². The highest BCUT2D eigenvalue weighted by Crippen LogP contribution is 2.27. The zero-order valence-corrected chi connectivity index (χ0v) is 12.9. The third kappa shape index (κ3) is 5.59. The molecule has 4 nitrogen and oxygen atoms in total. The molecule has 0 amide bonds. The monoisotopic (exact) mass is 337 g/mol. The maximum Gasteiger partial charge on any atom is 0.265 e. The first-order valence-electron chi connectivity index (χ1n) is 5.62. The fraction of sp³-hybridized carbons (Fsp3) is 0.308. The number of hydrogen-bond acceptors (Lipinski definition) is 4. The van der Waals surface area contributed by atoms with Gasteiger partial charge in [0, 0.05) is 0 Å². The Morgan fingerprint density at radius 1 is 1.35 bits per heavy atom. The van der Waals surface area contributed by atoms with E-state index in [1.54, 1.807) is 37.5 Å². The van der Waals surface area contributed by atoms with E-state index in [2.05, 4.69) is 0 Å². The second-order valence-electron chi connectivity index (χ2n) is 3.78. The van der Waals surface area contributed by atoms with Crippen LogP contribution in [0.15, 0.2) is 36.4 Å². The fourth-order valence-electron chi connectivity index (χ4n) is 1.31. The van der Waals surface area contributed by atoms with Crippen LogP contribution < -0.4 is 4.74 Å². The fourth-order valence-corrected chi connectivity index (χ4v) is 1.47. The van der Waals surface area contributed by atoms with Crippen molar-refractivity contribution in [3.8, 4) is 5.75 Å². The molecule has 1 aromatic rings. The zero-order chi connectivity index (χ0) is 15.2. The minimum absolute atomic E-state index is 0.0277. The Morgan fingerprint density at radius 2 is 1.95 bits per heavy atom. The molecule has 2 N–H and O–H groups in total. The minimum atomic E-state index is -1.87. The SMILES string of the molecule is COc1ccc(C(O)/C=C/COC(=N)C(Cl)(Cl)Cl)cc1. The molecule has 0 aliphatic rings. The van der Waals surface area contributed by atoms with Crippen molar-refractivity contribution >= 4 is 40.7 Å². The molecule has 1 unspecified atom stereocenters. The van der Waals surface area contributed by atoms with Gasteiger partial charge in [0.05, 0.1) is 13.2 Å². The zero-order valence-electron chi connectivity index (χ0n) is 10.6. The smallest absolute Gasteiger partial charge is 0.265 e. The molecular weight excluding hydrogens is 325 g/mol. The summed E-state index contributed by atoms with van der Waals surface area (Å²) in [6, 6.07) is 7.00. The van der Waals surface area contributed by atoms with Crippen molar-refractivity contribution in [2.75, 3.05) is 13.7 Å². The van der Waals surface area contributed by atoms with Crippen LogP contribution in [0.25, 0.3) is 0 Å². The van der Waals surface area contributed by atoms with Crippen molar-refractivity contribution in [3.05, 3.63) is 42.0 Å². The van der Waals surface area contributed by atoms with E-state index >= 15 is 0 Å². The van der Waals surface area contributed by atoms with Gasteiger partial charge >= 0.3 is 0 Å². The van der Waals surface area contributed by atoms with E-state index < -0.39 is 15.8 Å². The standard InChI is InChI=1S/C13H14Cl3NO3/c1-19-10-6-4-9(5-7-10)11(18)3-2-8-20-12(17)13(14,15)16/h2-7,11,17-18H,8H2,1H3/b3-2+,17-12?. The van der Waals surface area contributed by atoms with Gasteiger partial charge in [0.2, 0.25) is 5.90 Å². The Balaban J connectivity index is 2.47. The molecule has 7 heteroatoms. The Hall–Kier alpha value is -0.940. The predicted molar refractivity (Wildman–Crippen MR) is 81.1 cm³/mol. The summed E-state index contributed by atoms with van der Waals surface area (Å²) in [6.07, 6.45) is 2.28. The van der Waals surface area contributed by atoms with Crippen molar-refractivity contribution < 1.29 is 14.6 Å². The number of aliphatic hydroxyl groups excluding tert-OH is 1. The molecule has 0 spiro atoms. The van der Waals surface area contributed by atoms with E-state index in [1.807, 2.05) is 0 Å². The lowest BCUT2D eigenvalue weighted by Gasteiger charge is -2.12. The van der Waals surface area contributed by atoms with Gasteiger partial charge in [0.15, 0.2) is 0 Å². The molecule has 0 saturated heterocycles. The van der Waals surface area contributed by atoms with Crippen molar-refractivity contribution in [1.82, 2.24) is 0 Å². The third-order valence-corrected chi connectivity index (χ3v) is 2.87. The van der Waals surface area contributed by atoms with Gasteiger partial charge in [0.1, 0.15) is 12.4 Å². The van der Waals surface area contributed by atoms with Crippen LogP contribution in [0, 0.1) is 5.41 Å². The molecule has 0 saturated carbocycles. The van der Waals surface area contributed by atoms with Crippen LogP contribution in [0.4, 0.5) is 0 Å². The minimum Gasteiger partial charge on any atom is -0.497 e. The van der Waals surface area contributed by atoms with Crippen LogP contribution in [0.3, 0.4) is 0 Å². The van der Waals surface area contributed by atoms with Gasteiger partial charge in [-0.3, -0.25) is 5.41 Å². The normalized spacial score (nSPS) is 13.2. The average Bonchev–Trinajstić information content (AvgIpc) is 2.42. The topological polar surface area (TPSA) is 62.5 Å². The molecule has 0 bridgehead atoms. The molecule has 0 aliphatic carbocycles. The molecule has 0 fully saturated rings. The van der Waals surface area contributed by atoms with Crippen LogP contribution >= 0.6 is 34.8 Å². The van der Waals surface area contributed by atoms with Crippen molar-refractivity contribution in [2.45, 2.75) is 9.90 Å². The first kappa shape index (κ1) is 17.1. The summed E-state index contributed by atoms with van der Waals surface area (Å²) in [6.45, 7) is 0.0277. The Bertz CT molecular complexity index is 469. The highest BCUT2D eigenvalue weighted by atomic mass is 35.6. The van der Waals surface area contributed by atoms with Gasteiger partial charge in [-0.2, -0.15) is 0 Å². The molecule has 0 aliphatic heterocycles. The molecule has 1 aromatic carbocycles. The van der Waals surface area contributed by atoms with E-state index in [1.165, 1.54) is 6.08 Å². The summed E-state index contributed by atoms with van der Waals surface area (Å²) in [5.41, 5.74) is 0.707. The number of halogens is 3. The van der Waals surface area contributed by atoms with Crippen LogP contribution in [0.5, 0.6) is 5.75 Å².